The van der Waals surface area contributed by atoms with Crippen molar-refractivity contribution in [2.24, 2.45) is 0 Å². The lowest BCUT2D eigenvalue weighted by molar-refractivity contribution is 0.0521. The molecule has 0 unspecified atom stereocenters. The minimum atomic E-state index is -0.521. The molecule has 3 rings (SSSR count). The van der Waals surface area contributed by atoms with Gasteiger partial charge in [0.1, 0.15) is 5.69 Å². The lowest BCUT2D eigenvalue weighted by Gasteiger charge is -2.13. The van der Waals surface area contributed by atoms with Crippen LogP contribution in [0.3, 0.4) is 0 Å². The number of carbonyl (C=O) groups excluding carboxylic acids is 1. The number of hydrogen-bond donors (Lipinski definition) is 0. The molecular weight excluding hydrogens is 320 g/mol. The van der Waals surface area contributed by atoms with Gasteiger partial charge in [0.25, 0.3) is 0 Å². The van der Waals surface area contributed by atoms with E-state index in [9.17, 15) is 4.79 Å². The van der Waals surface area contributed by atoms with E-state index in [2.05, 4.69) is 10.2 Å². The van der Waals surface area contributed by atoms with Gasteiger partial charge in [-0.05, 0) is 19.1 Å². The molecular formula is C19H18N2O4. The van der Waals surface area contributed by atoms with Crippen molar-refractivity contribution in [3.05, 3.63) is 48.2 Å². The molecule has 0 saturated heterocycles. The molecule has 1 aromatic heterocycles. The van der Waals surface area contributed by atoms with Crippen LogP contribution in [0.1, 0.15) is 17.4 Å². The SMILES string of the molecule is CCOC(=O)c1nnc(-c2ccccc2)c2cc(OC)c(OC)cc12. The van der Waals surface area contributed by atoms with E-state index in [1.807, 2.05) is 30.3 Å². The summed E-state index contributed by atoms with van der Waals surface area (Å²) in [6, 6.07) is 13.2. The number of ether oxygens (including phenoxy) is 3. The average molecular weight is 338 g/mol. The van der Waals surface area contributed by atoms with Crippen LogP contribution in [0.2, 0.25) is 0 Å². The van der Waals surface area contributed by atoms with Gasteiger partial charge < -0.3 is 14.2 Å². The highest BCUT2D eigenvalue weighted by Crippen LogP contribution is 2.37. The van der Waals surface area contributed by atoms with Crippen LogP contribution >= 0.6 is 0 Å². The summed E-state index contributed by atoms with van der Waals surface area (Å²) in [4.78, 5) is 12.3. The Morgan fingerprint density at radius 2 is 1.60 bits per heavy atom. The van der Waals surface area contributed by atoms with Gasteiger partial charge in [0.15, 0.2) is 17.2 Å². The largest absolute Gasteiger partial charge is 0.493 e. The van der Waals surface area contributed by atoms with E-state index in [0.717, 1.165) is 10.9 Å². The lowest BCUT2D eigenvalue weighted by atomic mass is 10.0. The smallest absolute Gasteiger partial charge is 0.359 e. The number of rotatable bonds is 5. The maximum atomic E-state index is 12.3. The molecule has 0 aliphatic rings. The van der Waals surface area contributed by atoms with E-state index >= 15 is 0 Å². The molecule has 25 heavy (non-hydrogen) atoms. The molecule has 3 aromatic rings. The zero-order valence-electron chi connectivity index (χ0n) is 14.3. The van der Waals surface area contributed by atoms with E-state index in [1.165, 1.54) is 0 Å². The summed E-state index contributed by atoms with van der Waals surface area (Å²) in [6.45, 7) is 2.01. The number of nitrogens with zero attached hydrogens (tertiary/aromatic N) is 2. The summed E-state index contributed by atoms with van der Waals surface area (Å²) in [6.07, 6.45) is 0. The van der Waals surface area contributed by atoms with Crippen molar-refractivity contribution in [2.45, 2.75) is 6.92 Å². The second-order valence-corrected chi connectivity index (χ2v) is 5.24. The molecule has 0 aliphatic heterocycles. The van der Waals surface area contributed by atoms with Crippen LogP contribution in [0.5, 0.6) is 11.5 Å². The fourth-order valence-electron chi connectivity index (χ4n) is 2.64. The van der Waals surface area contributed by atoms with E-state index < -0.39 is 5.97 Å². The van der Waals surface area contributed by atoms with Crippen LogP contribution in [0.4, 0.5) is 0 Å². The van der Waals surface area contributed by atoms with Crippen LogP contribution in [0, 0.1) is 0 Å². The zero-order chi connectivity index (χ0) is 17.8. The Kier molecular flexibility index (Phi) is 4.79. The van der Waals surface area contributed by atoms with Crippen LogP contribution in [0.15, 0.2) is 42.5 Å². The van der Waals surface area contributed by atoms with E-state index in [-0.39, 0.29) is 12.3 Å². The molecule has 0 saturated carbocycles. The summed E-state index contributed by atoms with van der Waals surface area (Å²) in [5.74, 6) is 0.536. The quantitative estimate of drug-likeness (QED) is 0.663. The minimum Gasteiger partial charge on any atom is -0.493 e. The molecule has 128 valence electrons. The monoisotopic (exact) mass is 338 g/mol. The van der Waals surface area contributed by atoms with Gasteiger partial charge in [-0.3, -0.25) is 0 Å². The first kappa shape index (κ1) is 16.7. The maximum Gasteiger partial charge on any atom is 0.359 e. The van der Waals surface area contributed by atoms with Crippen molar-refractivity contribution in [3.8, 4) is 22.8 Å². The van der Waals surface area contributed by atoms with Crippen molar-refractivity contribution < 1.29 is 19.0 Å². The molecule has 0 spiro atoms. The molecule has 1 heterocycles. The predicted molar refractivity (Wildman–Crippen MR) is 94.0 cm³/mol. The van der Waals surface area contributed by atoms with Gasteiger partial charge in [-0.2, -0.15) is 0 Å². The first-order chi connectivity index (χ1) is 12.2. The Balaban J connectivity index is 2.33. The van der Waals surface area contributed by atoms with E-state index in [1.54, 1.807) is 33.3 Å². The van der Waals surface area contributed by atoms with E-state index in [0.29, 0.717) is 22.6 Å². The standard InChI is InChI=1S/C19H18N2O4/c1-4-25-19(22)18-14-11-16(24-3)15(23-2)10-13(14)17(20-21-18)12-8-6-5-7-9-12/h5-11H,4H2,1-3H3. The van der Waals surface area contributed by atoms with Crippen molar-refractivity contribution in [3.63, 3.8) is 0 Å². The average Bonchev–Trinajstić information content (AvgIpc) is 2.66. The number of benzene rings is 2. The number of methoxy groups -OCH3 is 2. The first-order valence-corrected chi connectivity index (χ1v) is 7.84. The molecule has 2 aromatic carbocycles. The lowest BCUT2D eigenvalue weighted by Crippen LogP contribution is -2.10. The Hall–Kier alpha value is -3.15. The van der Waals surface area contributed by atoms with Gasteiger partial charge in [-0.15, -0.1) is 10.2 Å². The normalized spacial score (nSPS) is 10.5. The number of aromatic nitrogens is 2. The third kappa shape index (κ3) is 3.10. The van der Waals surface area contributed by atoms with Crippen molar-refractivity contribution >= 4 is 16.7 Å². The number of carbonyl (C=O) groups is 1. The van der Waals surface area contributed by atoms with Crippen LogP contribution in [-0.2, 0) is 4.74 Å². The van der Waals surface area contributed by atoms with Gasteiger partial charge in [-0.1, -0.05) is 30.3 Å². The fourth-order valence-corrected chi connectivity index (χ4v) is 2.64. The van der Waals surface area contributed by atoms with Crippen LogP contribution < -0.4 is 9.47 Å². The Morgan fingerprint density at radius 1 is 0.960 bits per heavy atom. The maximum absolute atomic E-state index is 12.3. The second kappa shape index (κ2) is 7.17. The predicted octanol–water partition coefficient (Wildman–Crippen LogP) is 3.49. The van der Waals surface area contributed by atoms with Crippen molar-refractivity contribution in [1.82, 2.24) is 10.2 Å². The van der Waals surface area contributed by atoms with Gasteiger partial charge in [0, 0.05) is 16.3 Å². The van der Waals surface area contributed by atoms with Gasteiger partial charge in [0.2, 0.25) is 0 Å². The number of esters is 1. The summed E-state index contributed by atoms with van der Waals surface area (Å²) < 4.78 is 15.9. The molecule has 0 bridgehead atoms. The zero-order valence-corrected chi connectivity index (χ0v) is 14.3. The summed E-state index contributed by atoms with van der Waals surface area (Å²) in [5.41, 5.74) is 1.70. The molecule has 0 aliphatic carbocycles. The second-order valence-electron chi connectivity index (χ2n) is 5.24. The third-order valence-corrected chi connectivity index (χ3v) is 3.80. The molecule has 0 N–H and O–H groups in total. The third-order valence-electron chi connectivity index (χ3n) is 3.80. The Morgan fingerprint density at radius 3 is 2.20 bits per heavy atom. The molecule has 6 nitrogen and oxygen atoms in total. The minimum absolute atomic E-state index is 0.150. The first-order valence-electron chi connectivity index (χ1n) is 7.84. The molecule has 0 fully saturated rings. The van der Waals surface area contributed by atoms with Gasteiger partial charge in [0.05, 0.1) is 20.8 Å². The summed E-state index contributed by atoms with van der Waals surface area (Å²) in [5, 5.41) is 9.72. The molecule has 0 radical (unpaired) electrons. The number of hydrogen-bond acceptors (Lipinski definition) is 6. The van der Waals surface area contributed by atoms with Crippen molar-refractivity contribution in [1.29, 1.82) is 0 Å². The van der Waals surface area contributed by atoms with E-state index in [4.69, 9.17) is 14.2 Å². The highest BCUT2D eigenvalue weighted by Gasteiger charge is 2.20. The van der Waals surface area contributed by atoms with Gasteiger partial charge in [-0.25, -0.2) is 4.79 Å². The topological polar surface area (TPSA) is 70.5 Å². The summed E-state index contributed by atoms with van der Waals surface area (Å²) in [7, 11) is 3.10. The molecule has 6 heteroatoms. The highest BCUT2D eigenvalue weighted by atomic mass is 16.5. The van der Waals surface area contributed by atoms with Crippen molar-refractivity contribution in [2.75, 3.05) is 20.8 Å². The van der Waals surface area contributed by atoms with Gasteiger partial charge >= 0.3 is 5.97 Å². The van der Waals surface area contributed by atoms with Crippen LogP contribution in [0.25, 0.3) is 22.0 Å². The fraction of sp³-hybridized carbons (Fsp3) is 0.211. The van der Waals surface area contributed by atoms with Crippen LogP contribution in [-0.4, -0.2) is 37.0 Å². The highest BCUT2D eigenvalue weighted by molar-refractivity contribution is 6.07. The summed E-state index contributed by atoms with van der Waals surface area (Å²) >= 11 is 0. The molecule has 0 amide bonds. The number of fused-ring (bicyclic) bond motifs is 1. The Bertz CT molecular complexity index is 910. The Labute approximate surface area is 145 Å². The molecule has 0 atom stereocenters.